The third-order valence-electron chi connectivity index (χ3n) is 20.2. The number of fused-ring (bicyclic) bond motifs is 12. The topological polar surface area (TPSA) is 77.8 Å². The first-order valence-corrected chi connectivity index (χ1v) is 37.3. The Morgan fingerprint density at radius 3 is 1.18 bits per heavy atom. The molecule has 20 aromatic rings. The molecular formula is C110H88Ir2N4O2-4. The van der Waals surface area contributed by atoms with Crippen LogP contribution in [0.5, 0.6) is 0 Å². The van der Waals surface area contributed by atoms with E-state index in [1.54, 1.807) is 48.7 Å². The second kappa shape index (κ2) is 34.4. The number of aryl methyl sites for hydroxylation is 9. The van der Waals surface area contributed by atoms with E-state index < -0.39 is 73.5 Å². The van der Waals surface area contributed by atoms with Gasteiger partial charge < -0.3 is 28.8 Å². The Labute approximate surface area is 759 Å². The van der Waals surface area contributed by atoms with Crippen LogP contribution in [0.2, 0.25) is 0 Å². The molecule has 20 rings (SSSR count). The third kappa shape index (κ3) is 16.8. The molecule has 0 aliphatic carbocycles. The summed E-state index contributed by atoms with van der Waals surface area (Å²) in [6.07, 6.45) is 3.77. The van der Waals surface area contributed by atoms with Gasteiger partial charge in [0.1, 0.15) is 11.2 Å². The summed E-state index contributed by atoms with van der Waals surface area (Å²) in [7, 11) is 0. The predicted molar refractivity (Wildman–Crippen MR) is 486 cm³/mol. The number of hydrogen-bond acceptors (Lipinski definition) is 6. The number of aromatic nitrogens is 4. The molecule has 0 aliphatic rings. The quantitative estimate of drug-likeness (QED) is 0.106. The van der Waals surface area contributed by atoms with Gasteiger partial charge in [-0.25, -0.2) is 0 Å². The van der Waals surface area contributed by atoms with Crippen molar-refractivity contribution in [2.24, 2.45) is 5.41 Å². The van der Waals surface area contributed by atoms with Crippen molar-refractivity contribution in [2.75, 3.05) is 0 Å². The Hall–Kier alpha value is -12.4. The zero-order valence-electron chi connectivity index (χ0n) is 92.6. The molecule has 118 heavy (non-hydrogen) atoms. The van der Waals surface area contributed by atoms with Crippen LogP contribution in [0.15, 0.2) is 313 Å². The molecule has 0 atom stereocenters. The van der Waals surface area contributed by atoms with Gasteiger partial charge in [0, 0.05) is 116 Å². The molecule has 6 aromatic heterocycles. The van der Waals surface area contributed by atoms with Gasteiger partial charge in [-0.1, -0.05) is 285 Å². The van der Waals surface area contributed by atoms with Crippen LogP contribution in [0.4, 0.5) is 0 Å². The van der Waals surface area contributed by atoms with Crippen molar-refractivity contribution in [3.8, 4) is 89.5 Å². The predicted octanol–water partition coefficient (Wildman–Crippen LogP) is 29.6. The summed E-state index contributed by atoms with van der Waals surface area (Å²) in [5.41, 5.74) is 9.00. The van der Waals surface area contributed by atoms with Crippen molar-refractivity contribution in [1.29, 1.82) is 0 Å². The summed E-state index contributed by atoms with van der Waals surface area (Å²) in [5, 5.41) is 12.1. The van der Waals surface area contributed by atoms with Gasteiger partial charge >= 0.3 is 0 Å². The van der Waals surface area contributed by atoms with Gasteiger partial charge in [-0.3, -0.25) is 0 Å². The number of hydrogen-bond donors (Lipinski definition) is 0. The van der Waals surface area contributed by atoms with Crippen LogP contribution >= 0.6 is 0 Å². The van der Waals surface area contributed by atoms with Crippen LogP contribution < -0.4 is 0 Å². The minimum atomic E-state index is -2.72. The van der Waals surface area contributed by atoms with Crippen molar-refractivity contribution in [3.05, 3.63) is 384 Å². The molecule has 8 heteroatoms. The molecule has 6 nitrogen and oxygen atoms in total. The summed E-state index contributed by atoms with van der Waals surface area (Å²) < 4.78 is 243. The Bertz CT molecular complexity index is 8020. The average Bonchev–Trinajstić information content (AvgIpc) is 1.72. The Balaban J connectivity index is 0.000000150. The summed E-state index contributed by atoms with van der Waals surface area (Å²) in [6, 6.07) is 94.8. The number of pyridine rings is 4. The SMILES string of the molecule is [2H]C([2H])([2H])c1c[c-]c(-c2ccc(C([2H])([2H])C(C)(C)C)cn2)cc1-c1ccccc1.[2H]C([2H])([2H])c1ccc(-c2[c-]cc(C([2H])([2H])[2H])c(-c3ccccc3)c2)nc1.[2H]C([2H])([2H])c1ccc(-c2cc(-c3[c-]ccc4c3oc3cc5c(ccc6ccccc65)cc34)ncc2C([2H])([2H])[2H])c(C([2H])([2H])[2H])c1.[2H]C([2H])([2H])c1ccc(-c2cc(-c3[c-]ccc4c3oc3cc5c(ccc6ccccc65)cc34)ncc2C([2H])([2H])[2H])c(C([2H])([2H])[2H])c1.[Ir].[Ir]. The third-order valence-corrected chi connectivity index (χ3v) is 20.2. The van der Waals surface area contributed by atoms with E-state index >= 15 is 0 Å². The molecule has 0 saturated carbocycles. The first kappa shape index (κ1) is 52.3. The van der Waals surface area contributed by atoms with Crippen molar-refractivity contribution >= 4 is 87.0 Å². The molecule has 14 aromatic carbocycles. The molecule has 0 amide bonds. The fraction of sp³-hybridized carbons (Fsp3) is 0.127. The molecule has 0 unspecified atom stereocenters. The number of benzene rings is 14. The van der Waals surface area contributed by atoms with Gasteiger partial charge in [0.05, 0.1) is 11.2 Å². The molecule has 582 valence electrons. The van der Waals surface area contributed by atoms with Crippen LogP contribution in [0.3, 0.4) is 0 Å². The molecule has 0 spiro atoms. The van der Waals surface area contributed by atoms with E-state index in [0.717, 1.165) is 87.9 Å². The molecular weight excluding hydrogens is 1790 g/mol. The molecule has 2 radical (unpaired) electrons. The van der Waals surface area contributed by atoms with Gasteiger partial charge in [-0.05, 0) is 217 Å². The van der Waals surface area contributed by atoms with E-state index in [1.165, 1.54) is 73.2 Å². The second-order valence-corrected chi connectivity index (χ2v) is 29.2. The standard InChI is InChI=1S/2C34H24NO.C23H24N.C19H16N.2Ir/c2*1-20-11-14-25(21(2)15-20)29-17-32(35-19-22(29)3)28-10-6-9-27-31-16-24-13-12-23-7-4-5-8-26(23)30(24)18-33(31)36-34(27)28;1-17-10-12-20(14-21(17)19-8-6-5-7-9-19)22-13-11-18(16-24-22)15-23(2,3)4;1-14-8-11-19(20-13-14)17-10-9-15(2)18(12-17)16-6-4-3-5-7-16;;/h2*4-9,11-19H,1-3H3;5-11,13-14,16H,15H2,1-4H3;3-9,11-13H,1-2H3;;/q4*-1;;/i2*1D3,2D3,3D3;1D3,15D2;1D3,2D3;;. The fourth-order valence-corrected chi connectivity index (χ4v) is 14.7. The molecule has 6 heterocycles. The van der Waals surface area contributed by atoms with Gasteiger partial charge in [-0.15, -0.1) is 95.1 Å². The summed E-state index contributed by atoms with van der Waals surface area (Å²) in [4.78, 5) is 17.6. The number of nitrogens with zero attached hydrogens (tertiary/aromatic N) is 4. The van der Waals surface area contributed by atoms with Crippen LogP contribution in [0.1, 0.15) is 116 Å². The summed E-state index contributed by atoms with van der Waals surface area (Å²) in [5.74, 6) is 0. The molecule has 0 bridgehead atoms. The fourth-order valence-electron chi connectivity index (χ4n) is 14.7. The maximum Gasteiger partial charge on any atom is 0.121 e. The van der Waals surface area contributed by atoms with E-state index in [9.17, 15) is 0 Å². The molecule has 0 saturated heterocycles. The van der Waals surface area contributed by atoms with Crippen LogP contribution in [-0.2, 0) is 46.6 Å². The maximum absolute atomic E-state index is 8.39. The molecule has 0 fully saturated rings. The minimum Gasteiger partial charge on any atom is -0.501 e. The van der Waals surface area contributed by atoms with Crippen LogP contribution in [-0.4, -0.2) is 19.9 Å². The van der Waals surface area contributed by atoms with Crippen molar-refractivity contribution in [1.82, 2.24) is 19.9 Å². The smallest absolute Gasteiger partial charge is 0.121 e. The van der Waals surface area contributed by atoms with Gasteiger partial charge in [0.2, 0.25) is 0 Å². The largest absolute Gasteiger partial charge is 0.501 e. The normalized spacial score (nSPS) is 16.0. The Morgan fingerprint density at radius 2 is 0.746 bits per heavy atom. The van der Waals surface area contributed by atoms with Crippen molar-refractivity contribution in [2.45, 2.75) is 88.8 Å². The summed E-state index contributed by atoms with van der Waals surface area (Å²) >= 11 is 0. The molecule has 0 N–H and O–H groups in total. The van der Waals surface area contributed by atoms with E-state index in [4.69, 9.17) is 48.6 Å². The second-order valence-electron chi connectivity index (χ2n) is 29.2. The van der Waals surface area contributed by atoms with E-state index in [1.807, 2.05) is 130 Å². The van der Waals surface area contributed by atoms with E-state index in [-0.39, 0.29) is 113 Å². The van der Waals surface area contributed by atoms with E-state index in [0.29, 0.717) is 84.1 Å². The minimum absolute atomic E-state index is 0. The number of furan rings is 2. The summed E-state index contributed by atoms with van der Waals surface area (Å²) in [6.45, 7) is -16.9. The Kier molecular flexibility index (Phi) is 15.3. The zero-order chi connectivity index (χ0) is 104. The van der Waals surface area contributed by atoms with Crippen LogP contribution in [0, 0.1) is 91.3 Å². The van der Waals surface area contributed by atoms with Gasteiger partial charge in [-0.2, -0.15) is 0 Å². The van der Waals surface area contributed by atoms with Gasteiger partial charge in [0.25, 0.3) is 0 Å². The van der Waals surface area contributed by atoms with Gasteiger partial charge in [0.15, 0.2) is 0 Å². The maximum atomic E-state index is 8.39. The molecule has 0 aliphatic heterocycles. The van der Waals surface area contributed by atoms with Crippen molar-refractivity contribution < 1.29 is 88.8 Å². The van der Waals surface area contributed by atoms with E-state index in [2.05, 4.69) is 105 Å². The zero-order valence-corrected chi connectivity index (χ0v) is 68.4. The number of rotatable bonds is 9. The average molecular weight is 1910 g/mol. The first-order valence-electron chi connectivity index (χ1n) is 51.8. The Morgan fingerprint density at radius 1 is 0.314 bits per heavy atom. The monoisotopic (exact) mass is 1910 g/mol. The van der Waals surface area contributed by atoms with Crippen LogP contribution in [0.25, 0.3) is 177 Å². The first-order chi connectivity index (χ1) is 68.0. The van der Waals surface area contributed by atoms with Crippen molar-refractivity contribution in [3.63, 3.8) is 0 Å².